The molecule has 0 saturated carbocycles. The van der Waals surface area contributed by atoms with Crippen LogP contribution in [0.2, 0.25) is 0 Å². The predicted octanol–water partition coefficient (Wildman–Crippen LogP) is 2.22. The molecule has 1 aromatic heterocycles. The molecule has 0 radical (unpaired) electrons. The Labute approximate surface area is 119 Å². The van der Waals surface area contributed by atoms with E-state index >= 15 is 0 Å². The molecule has 0 amide bonds. The zero-order chi connectivity index (χ0) is 14.5. The van der Waals surface area contributed by atoms with Crippen molar-refractivity contribution in [3.63, 3.8) is 0 Å². The van der Waals surface area contributed by atoms with Gasteiger partial charge in [-0.2, -0.15) is 0 Å². The van der Waals surface area contributed by atoms with Crippen LogP contribution in [0.25, 0.3) is 0 Å². The summed E-state index contributed by atoms with van der Waals surface area (Å²) in [5.74, 6) is 0.0165. The summed E-state index contributed by atoms with van der Waals surface area (Å²) < 4.78 is 10.5. The maximum atomic E-state index is 12.1. The van der Waals surface area contributed by atoms with E-state index in [1.807, 2.05) is 13.0 Å². The van der Waals surface area contributed by atoms with E-state index in [2.05, 4.69) is 23.7 Å². The van der Waals surface area contributed by atoms with Crippen molar-refractivity contribution in [3.05, 3.63) is 23.5 Å². The van der Waals surface area contributed by atoms with E-state index in [1.54, 1.807) is 6.20 Å². The molecule has 0 bridgehead atoms. The van der Waals surface area contributed by atoms with Crippen molar-refractivity contribution < 1.29 is 14.3 Å². The number of hydrogen-bond donors (Lipinski definition) is 0. The number of carbonyl (C=O) groups is 1. The normalized spacial score (nSPS) is 15.5. The standard InChI is InChI=1S/C15H22N2O3/c1-4-20-15(18)12-10-16-13(11(2)3)9-14(12)17-5-7-19-8-6-17/h9-11H,4-8H2,1-3H3. The van der Waals surface area contributed by atoms with Gasteiger partial charge in [0.25, 0.3) is 0 Å². The van der Waals surface area contributed by atoms with E-state index in [-0.39, 0.29) is 5.97 Å². The van der Waals surface area contributed by atoms with E-state index in [1.165, 1.54) is 0 Å². The van der Waals surface area contributed by atoms with Crippen LogP contribution in [-0.4, -0.2) is 43.9 Å². The van der Waals surface area contributed by atoms with Crippen LogP contribution in [0.3, 0.4) is 0 Å². The Morgan fingerprint density at radius 2 is 2.15 bits per heavy atom. The summed E-state index contributed by atoms with van der Waals surface area (Å²) >= 11 is 0. The lowest BCUT2D eigenvalue weighted by Gasteiger charge is -2.30. The molecule has 2 rings (SSSR count). The number of ether oxygens (including phenoxy) is 2. The highest BCUT2D eigenvalue weighted by atomic mass is 16.5. The zero-order valence-electron chi connectivity index (χ0n) is 12.4. The summed E-state index contributed by atoms with van der Waals surface area (Å²) in [6.45, 7) is 9.30. The van der Waals surface area contributed by atoms with Crippen molar-refractivity contribution in [2.75, 3.05) is 37.8 Å². The molecule has 2 heterocycles. The average molecular weight is 278 g/mol. The molecule has 110 valence electrons. The van der Waals surface area contributed by atoms with E-state index in [0.717, 1.165) is 24.5 Å². The van der Waals surface area contributed by atoms with Gasteiger partial charge in [-0.05, 0) is 18.9 Å². The minimum absolute atomic E-state index is 0.309. The maximum absolute atomic E-state index is 12.1. The first-order valence-corrected chi connectivity index (χ1v) is 7.13. The molecule has 1 aromatic rings. The van der Waals surface area contributed by atoms with Crippen LogP contribution in [0.4, 0.5) is 5.69 Å². The highest BCUT2D eigenvalue weighted by Crippen LogP contribution is 2.25. The van der Waals surface area contributed by atoms with E-state index in [0.29, 0.717) is 31.3 Å². The second-order valence-corrected chi connectivity index (χ2v) is 5.10. The molecule has 1 aliphatic heterocycles. The van der Waals surface area contributed by atoms with Crippen molar-refractivity contribution in [2.24, 2.45) is 0 Å². The second-order valence-electron chi connectivity index (χ2n) is 5.10. The van der Waals surface area contributed by atoms with Gasteiger partial charge in [-0.1, -0.05) is 13.8 Å². The van der Waals surface area contributed by atoms with E-state index < -0.39 is 0 Å². The van der Waals surface area contributed by atoms with Crippen molar-refractivity contribution in [2.45, 2.75) is 26.7 Å². The fourth-order valence-corrected chi connectivity index (χ4v) is 2.21. The molecule has 20 heavy (non-hydrogen) atoms. The van der Waals surface area contributed by atoms with Crippen LogP contribution in [0.1, 0.15) is 42.7 Å². The number of anilines is 1. The van der Waals surface area contributed by atoms with Crippen LogP contribution in [0.5, 0.6) is 0 Å². The summed E-state index contributed by atoms with van der Waals surface area (Å²) in [5.41, 5.74) is 2.43. The van der Waals surface area contributed by atoms with Gasteiger partial charge in [0.15, 0.2) is 0 Å². The number of morpholine rings is 1. The molecular weight excluding hydrogens is 256 g/mol. The fourth-order valence-electron chi connectivity index (χ4n) is 2.21. The average Bonchev–Trinajstić information content (AvgIpc) is 2.47. The number of nitrogens with zero attached hydrogens (tertiary/aromatic N) is 2. The Bertz CT molecular complexity index is 468. The van der Waals surface area contributed by atoms with Gasteiger partial charge >= 0.3 is 5.97 Å². The molecule has 5 heteroatoms. The zero-order valence-corrected chi connectivity index (χ0v) is 12.4. The Morgan fingerprint density at radius 3 is 2.75 bits per heavy atom. The van der Waals surface area contributed by atoms with Crippen LogP contribution in [-0.2, 0) is 9.47 Å². The first-order valence-electron chi connectivity index (χ1n) is 7.13. The Balaban J connectivity index is 2.36. The van der Waals surface area contributed by atoms with Gasteiger partial charge in [-0.3, -0.25) is 4.98 Å². The number of pyridine rings is 1. The van der Waals surface area contributed by atoms with Gasteiger partial charge in [0.1, 0.15) is 5.56 Å². The Morgan fingerprint density at radius 1 is 1.45 bits per heavy atom. The number of carbonyl (C=O) groups excluding carboxylic acids is 1. The Hall–Kier alpha value is -1.62. The van der Waals surface area contributed by atoms with Crippen LogP contribution < -0.4 is 4.90 Å². The summed E-state index contributed by atoms with van der Waals surface area (Å²) in [6, 6.07) is 2.00. The van der Waals surface area contributed by atoms with Gasteiger partial charge in [0.2, 0.25) is 0 Å². The monoisotopic (exact) mass is 278 g/mol. The molecule has 5 nitrogen and oxygen atoms in total. The van der Waals surface area contributed by atoms with Crippen molar-refractivity contribution in [1.29, 1.82) is 0 Å². The fraction of sp³-hybridized carbons (Fsp3) is 0.600. The lowest BCUT2D eigenvalue weighted by atomic mass is 10.1. The molecule has 0 N–H and O–H groups in total. The smallest absolute Gasteiger partial charge is 0.341 e. The minimum atomic E-state index is -0.309. The summed E-state index contributed by atoms with van der Waals surface area (Å²) in [5, 5.41) is 0. The molecule has 1 saturated heterocycles. The maximum Gasteiger partial charge on any atom is 0.341 e. The highest BCUT2D eigenvalue weighted by molar-refractivity contribution is 5.95. The quantitative estimate of drug-likeness (QED) is 0.790. The molecule has 0 unspecified atom stereocenters. The van der Waals surface area contributed by atoms with Gasteiger partial charge < -0.3 is 14.4 Å². The number of rotatable bonds is 4. The lowest BCUT2D eigenvalue weighted by molar-refractivity contribution is 0.0525. The molecule has 0 aromatic carbocycles. The molecular formula is C15H22N2O3. The van der Waals surface area contributed by atoms with Crippen LogP contribution in [0.15, 0.2) is 12.3 Å². The summed E-state index contributed by atoms with van der Waals surface area (Å²) in [6.07, 6.45) is 1.64. The third kappa shape index (κ3) is 3.28. The van der Waals surface area contributed by atoms with E-state index in [9.17, 15) is 4.79 Å². The van der Waals surface area contributed by atoms with Gasteiger partial charge in [0.05, 0.1) is 25.5 Å². The first-order chi connectivity index (χ1) is 9.63. The SMILES string of the molecule is CCOC(=O)c1cnc(C(C)C)cc1N1CCOCC1. The third-order valence-corrected chi connectivity index (χ3v) is 3.34. The summed E-state index contributed by atoms with van der Waals surface area (Å²) in [7, 11) is 0. The third-order valence-electron chi connectivity index (χ3n) is 3.34. The second kappa shape index (κ2) is 6.70. The summed E-state index contributed by atoms with van der Waals surface area (Å²) in [4.78, 5) is 18.6. The first kappa shape index (κ1) is 14.8. The van der Waals surface area contributed by atoms with Gasteiger partial charge in [-0.15, -0.1) is 0 Å². The number of hydrogen-bond acceptors (Lipinski definition) is 5. The molecule has 1 fully saturated rings. The van der Waals surface area contributed by atoms with Crippen LogP contribution in [0, 0.1) is 0 Å². The molecule has 0 aliphatic carbocycles. The highest BCUT2D eigenvalue weighted by Gasteiger charge is 2.21. The topological polar surface area (TPSA) is 51.7 Å². The molecule has 0 atom stereocenters. The lowest BCUT2D eigenvalue weighted by Crippen LogP contribution is -2.37. The molecule has 1 aliphatic rings. The van der Waals surface area contributed by atoms with Crippen molar-refractivity contribution >= 4 is 11.7 Å². The predicted molar refractivity (Wildman–Crippen MR) is 77.3 cm³/mol. The minimum Gasteiger partial charge on any atom is -0.462 e. The number of esters is 1. The van der Waals surface area contributed by atoms with Crippen molar-refractivity contribution in [3.8, 4) is 0 Å². The van der Waals surface area contributed by atoms with Gasteiger partial charge in [0, 0.05) is 25.0 Å². The molecule has 0 spiro atoms. The van der Waals surface area contributed by atoms with Gasteiger partial charge in [-0.25, -0.2) is 4.79 Å². The van der Waals surface area contributed by atoms with E-state index in [4.69, 9.17) is 9.47 Å². The largest absolute Gasteiger partial charge is 0.462 e. The number of aromatic nitrogens is 1. The van der Waals surface area contributed by atoms with Crippen LogP contribution >= 0.6 is 0 Å². The van der Waals surface area contributed by atoms with Crippen molar-refractivity contribution in [1.82, 2.24) is 4.98 Å². The Kier molecular flexibility index (Phi) is 4.95.